The molecule has 0 amide bonds. The predicted octanol–water partition coefficient (Wildman–Crippen LogP) is 1.98. The second-order valence-corrected chi connectivity index (χ2v) is 8.76. The summed E-state index contributed by atoms with van der Waals surface area (Å²) >= 11 is 0. The van der Waals surface area contributed by atoms with Gasteiger partial charge in [-0.3, -0.25) is 0 Å². The number of sulfone groups is 1. The highest BCUT2D eigenvalue weighted by Gasteiger charge is 2.09. The summed E-state index contributed by atoms with van der Waals surface area (Å²) < 4.78 is 33.3. The molecule has 1 aromatic rings. The van der Waals surface area contributed by atoms with E-state index in [1.54, 1.807) is 7.11 Å². The molecule has 0 aliphatic rings. The van der Waals surface area contributed by atoms with Crippen molar-refractivity contribution >= 4 is 15.8 Å². The lowest BCUT2D eigenvalue weighted by Crippen LogP contribution is -2.42. The second kappa shape index (κ2) is 12.6. The molecular formula is C19H33N3O4S. The topological polar surface area (TPSA) is 89.0 Å². The monoisotopic (exact) mass is 399 g/mol. The van der Waals surface area contributed by atoms with Crippen molar-refractivity contribution < 1.29 is 17.9 Å². The summed E-state index contributed by atoms with van der Waals surface area (Å²) in [5, 5.41) is 6.44. The molecule has 0 fully saturated rings. The lowest BCUT2D eigenvalue weighted by molar-refractivity contribution is 0.172. The maximum atomic E-state index is 11.3. The fourth-order valence-electron chi connectivity index (χ4n) is 2.31. The lowest BCUT2D eigenvalue weighted by atomic mass is 10.2. The highest BCUT2D eigenvalue weighted by Crippen LogP contribution is 2.14. The molecule has 154 valence electrons. The quantitative estimate of drug-likeness (QED) is 0.317. The van der Waals surface area contributed by atoms with Crippen LogP contribution in [0.2, 0.25) is 0 Å². The fourth-order valence-corrected chi connectivity index (χ4v) is 3.10. The van der Waals surface area contributed by atoms with Crippen molar-refractivity contribution in [2.45, 2.75) is 39.3 Å². The number of nitrogens with one attached hydrogen (secondary N) is 2. The predicted molar refractivity (Wildman–Crippen MR) is 110 cm³/mol. The number of hydrogen-bond acceptors (Lipinski definition) is 5. The van der Waals surface area contributed by atoms with Crippen molar-refractivity contribution in [3.8, 4) is 5.75 Å². The Morgan fingerprint density at radius 3 is 2.74 bits per heavy atom. The van der Waals surface area contributed by atoms with Gasteiger partial charge in [-0.1, -0.05) is 12.1 Å². The first-order valence-corrected chi connectivity index (χ1v) is 11.3. The number of aliphatic imine (C=N–C) groups is 1. The number of guanidine groups is 1. The van der Waals surface area contributed by atoms with Gasteiger partial charge in [0.25, 0.3) is 0 Å². The van der Waals surface area contributed by atoms with Gasteiger partial charge in [0.2, 0.25) is 0 Å². The van der Waals surface area contributed by atoms with Crippen LogP contribution >= 0.6 is 0 Å². The summed E-state index contributed by atoms with van der Waals surface area (Å²) in [6.07, 6.45) is 2.64. The average Bonchev–Trinajstić information content (AvgIpc) is 2.62. The van der Waals surface area contributed by atoms with E-state index in [0.29, 0.717) is 32.1 Å². The summed E-state index contributed by atoms with van der Waals surface area (Å²) in [5.74, 6) is 1.64. The van der Waals surface area contributed by atoms with Crippen molar-refractivity contribution in [2.24, 2.45) is 4.99 Å². The highest BCUT2D eigenvalue weighted by atomic mass is 32.2. The van der Waals surface area contributed by atoms with Crippen molar-refractivity contribution in [3.63, 3.8) is 0 Å². The molecule has 0 spiro atoms. The Bertz CT molecular complexity index is 677. The first-order valence-electron chi connectivity index (χ1n) is 9.27. The number of nitrogens with zero attached hydrogens (tertiary/aromatic N) is 1. The highest BCUT2D eigenvalue weighted by molar-refractivity contribution is 7.90. The maximum Gasteiger partial charge on any atom is 0.191 e. The van der Waals surface area contributed by atoms with Crippen LogP contribution in [-0.2, 0) is 21.1 Å². The Balaban J connectivity index is 2.61. The normalized spacial score (nSPS) is 13.3. The first kappa shape index (κ1) is 23.2. The molecule has 0 radical (unpaired) electrons. The van der Waals surface area contributed by atoms with Gasteiger partial charge in [0.1, 0.15) is 15.6 Å². The van der Waals surface area contributed by atoms with Crippen molar-refractivity contribution in [3.05, 3.63) is 29.8 Å². The summed E-state index contributed by atoms with van der Waals surface area (Å²) in [5.41, 5.74) is 1.04. The van der Waals surface area contributed by atoms with Crippen LogP contribution in [0.3, 0.4) is 0 Å². The molecule has 1 rings (SSSR count). The van der Waals surface area contributed by atoms with Gasteiger partial charge >= 0.3 is 0 Å². The molecular weight excluding hydrogens is 366 g/mol. The smallest absolute Gasteiger partial charge is 0.191 e. The van der Waals surface area contributed by atoms with E-state index in [4.69, 9.17) is 9.47 Å². The molecule has 1 unspecified atom stereocenters. The summed E-state index contributed by atoms with van der Waals surface area (Å²) in [6.45, 7) is 6.47. The Labute approximate surface area is 163 Å². The van der Waals surface area contributed by atoms with Gasteiger partial charge in [0, 0.05) is 39.0 Å². The van der Waals surface area contributed by atoms with Crippen LogP contribution in [-0.4, -0.2) is 59.3 Å². The Kier molecular flexibility index (Phi) is 10.8. The molecule has 0 aromatic heterocycles. The van der Waals surface area contributed by atoms with Crippen LogP contribution in [0.5, 0.6) is 5.75 Å². The van der Waals surface area contributed by atoms with E-state index in [0.717, 1.165) is 24.3 Å². The van der Waals surface area contributed by atoms with Crippen LogP contribution < -0.4 is 15.4 Å². The third-order valence-electron chi connectivity index (χ3n) is 3.73. The van der Waals surface area contributed by atoms with Gasteiger partial charge in [0.05, 0.1) is 18.9 Å². The summed E-state index contributed by atoms with van der Waals surface area (Å²) in [4.78, 5) is 4.59. The lowest BCUT2D eigenvalue weighted by Gasteiger charge is -2.17. The SMILES string of the molecule is CCNC(=NCc1cccc(OCCCOC)c1)NC(C)CCS(C)(=O)=O. The third kappa shape index (κ3) is 11.5. The minimum absolute atomic E-state index is 0.00739. The van der Waals surface area contributed by atoms with Gasteiger partial charge < -0.3 is 20.1 Å². The molecule has 0 heterocycles. The van der Waals surface area contributed by atoms with Crippen LogP contribution in [0.15, 0.2) is 29.3 Å². The molecule has 7 nitrogen and oxygen atoms in total. The summed E-state index contributed by atoms with van der Waals surface area (Å²) in [7, 11) is -1.28. The molecule has 0 saturated heterocycles. The molecule has 1 aromatic carbocycles. The Hall–Kier alpha value is -1.80. The van der Waals surface area contributed by atoms with Crippen molar-refractivity contribution in [2.75, 3.05) is 38.9 Å². The minimum Gasteiger partial charge on any atom is -0.493 e. The van der Waals surface area contributed by atoms with Gasteiger partial charge in [0.15, 0.2) is 5.96 Å². The van der Waals surface area contributed by atoms with Gasteiger partial charge in [-0.2, -0.15) is 0 Å². The number of hydrogen-bond donors (Lipinski definition) is 2. The van der Waals surface area contributed by atoms with Crippen LogP contribution in [0, 0.1) is 0 Å². The van der Waals surface area contributed by atoms with E-state index >= 15 is 0 Å². The molecule has 8 heteroatoms. The van der Waals surface area contributed by atoms with Crippen molar-refractivity contribution in [1.29, 1.82) is 0 Å². The molecule has 0 saturated carbocycles. The molecule has 0 bridgehead atoms. The van der Waals surface area contributed by atoms with Crippen molar-refractivity contribution in [1.82, 2.24) is 10.6 Å². The average molecular weight is 400 g/mol. The number of ether oxygens (including phenoxy) is 2. The summed E-state index contributed by atoms with van der Waals surface area (Å²) in [6, 6.07) is 7.87. The molecule has 0 aliphatic carbocycles. The fraction of sp³-hybridized carbons (Fsp3) is 0.632. The minimum atomic E-state index is -2.96. The van der Waals surface area contributed by atoms with E-state index < -0.39 is 9.84 Å². The zero-order valence-corrected chi connectivity index (χ0v) is 17.6. The Morgan fingerprint density at radius 2 is 2.07 bits per heavy atom. The maximum absolute atomic E-state index is 11.3. The first-order chi connectivity index (χ1) is 12.8. The van der Waals surface area contributed by atoms with E-state index in [-0.39, 0.29) is 11.8 Å². The second-order valence-electron chi connectivity index (χ2n) is 6.50. The van der Waals surface area contributed by atoms with E-state index in [2.05, 4.69) is 15.6 Å². The van der Waals surface area contributed by atoms with Gasteiger partial charge in [-0.05, 0) is 38.0 Å². The standard InChI is InChI=1S/C19H33N3O4S/c1-5-20-19(22-16(2)10-13-27(4,23)24)21-15-17-8-6-9-18(14-17)26-12-7-11-25-3/h6,8-9,14,16H,5,7,10-13,15H2,1-4H3,(H2,20,21,22). The van der Waals surface area contributed by atoms with Gasteiger partial charge in [-0.25, -0.2) is 13.4 Å². The molecule has 27 heavy (non-hydrogen) atoms. The zero-order chi connectivity index (χ0) is 20.1. The number of benzene rings is 1. The Morgan fingerprint density at radius 1 is 1.30 bits per heavy atom. The van der Waals surface area contributed by atoms with Crippen LogP contribution in [0.4, 0.5) is 0 Å². The molecule has 2 N–H and O–H groups in total. The number of rotatable bonds is 12. The zero-order valence-electron chi connectivity index (χ0n) is 16.8. The molecule has 0 aliphatic heterocycles. The van der Waals surface area contributed by atoms with Gasteiger partial charge in [-0.15, -0.1) is 0 Å². The number of methoxy groups -OCH3 is 1. The van der Waals surface area contributed by atoms with Crippen LogP contribution in [0.1, 0.15) is 32.3 Å². The van der Waals surface area contributed by atoms with E-state index in [9.17, 15) is 8.42 Å². The van der Waals surface area contributed by atoms with Crippen LogP contribution in [0.25, 0.3) is 0 Å². The van der Waals surface area contributed by atoms with E-state index in [1.165, 1.54) is 6.26 Å². The molecule has 1 atom stereocenters. The largest absolute Gasteiger partial charge is 0.493 e. The third-order valence-corrected chi connectivity index (χ3v) is 4.71. The van der Waals surface area contributed by atoms with E-state index in [1.807, 2.05) is 38.1 Å².